The molecule has 0 aromatic heterocycles. The molecule has 0 amide bonds. The molecule has 0 heterocycles. The maximum absolute atomic E-state index is 12.7. The van der Waals surface area contributed by atoms with Crippen molar-refractivity contribution in [2.24, 2.45) is 4.99 Å². The number of isocyanates is 1. The maximum atomic E-state index is 12.7. The zero-order valence-corrected chi connectivity index (χ0v) is 6.10. The molecule has 0 aliphatic rings. The summed E-state index contributed by atoms with van der Waals surface area (Å²) in [6, 6.07) is 4.05. The molecule has 0 atom stereocenters. The van der Waals surface area contributed by atoms with Crippen LogP contribution in [-0.2, 0) is 4.79 Å². The highest BCUT2D eigenvalue weighted by atomic mass is 35.5. The highest BCUT2D eigenvalue weighted by Crippen LogP contribution is 2.26. The van der Waals surface area contributed by atoms with Gasteiger partial charge in [-0.1, -0.05) is 17.7 Å². The van der Waals surface area contributed by atoms with Gasteiger partial charge in [0.15, 0.2) is 5.82 Å². The summed E-state index contributed by atoms with van der Waals surface area (Å²) in [5.41, 5.74) is -0.163. The Morgan fingerprint density at radius 2 is 2.27 bits per heavy atom. The minimum absolute atomic E-state index is 0.105. The van der Waals surface area contributed by atoms with E-state index in [1.807, 2.05) is 0 Å². The lowest BCUT2D eigenvalue weighted by atomic mass is 10.3. The quantitative estimate of drug-likeness (QED) is 0.471. The Balaban J connectivity index is 3.31. The number of carbonyl (C=O) groups excluding carboxylic acids is 1. The fourth-order valence-electron chi connectivity index (χ4n) is 0.641. The minimum Gasteiger partial charge on any atom is -0.211 e. The molecule has 0 radical (unpaired) electrons. The number of para-hydroxylation sites is 1. The van der Waals surface area contributed by atoms with Crippen LogP contribution in [0.3, 0.4) is 0 Å². The van der Waals surface area contributed by atoms with Crippen LogP contribution in [0.4, 0.5) is 10.1 Å². The molecule has 1 aromatic carbocycles. The van der Waals surface area contributed by atoms with E-state index < -0.39 is 5.82 Å². The second kappa shape index (κ2) is 3.28. The van der Waals surface area contributed by atoms with Gasteiger partial charge in [0.2, 0.25) is 6.08 Å². The molecule has 0 unspecified atom stereocenters. The summed E-state index contributed by atoms with van der Waals surface area (Å²) >= 11 is 5.50. The second-order valence-corrected chi connectivity index (χ2v) is 2.18. The van der Waals surface area contributed by atoms with Crippen molar-refractivity contribution in [3.63, 3.8) is 0 Å². The number of nitrogens with zero attached hydrogens (tertiary/aromatic N) is 1. The summed E-state index contributed by atoms with van der Waals surface area (Å²) in [5, 5.41) is 0.105. The van der Waals surface area contributed by atoms with Crippen molar-refractivity contribution in [1.82, 2.24) is 0 Å². The lowest BCUT2D eigenvalue weighted by Crippen LogP contribution is -1.75. The van der Waals surface area contributed by atoms with Gasteiger partial charge >= 0.3 is 0 Å². The Hall–Kier alpha value is -1.18. The molecule has 2 nitrogen and oxygen atoms in total. The standard InChI is InChI=1S/C7H3ClFNO/c8-5-2-1-3-6(9)7(5)10-4-11/h1-3H. The molecular formula is C7H3ClFNO. The number of hydrogen-bond acceptors (Lipinski definition) is 2. The Labute approximate surface area is 67.3 Å². The predicted octanol–water partition coefficient (Wildman–Crippen LogP) is 2.45. The third-order valence-corrected chi connectivity index (χ3v) is 1.40. The van der Waals surface area contributed by atoms with E-state index in [4.69, 9.17) is 11.6 Å². The topological polar surface area (TPSA) is 29.4 Å². The normalized spacial score (nSPS) is 8.91. The first-order chi connectivity index (χ1) is 5.25. The number of halogens is 2. The summed E-state index contributed by atoms with van der Waals surface area (Å²) in [4.78, 5) is 12.9. The van der Waals surface area contributed by atoms with Gasteiger partial charge in [-0.15, -0.1) is 0 Å². The highest BCUT2D eigenvalue weighted by molar-refractivity contribution is 6.33. The van der Waals surface area contributed by atoms with E-state index >= 15 is 0 Å². The summed E-state index contributed by atoms with van der Waals surface area (Å²) in [7, 11) is 0. The number of rotatable bonds is 1. The van der Waals surface area contributed by atoms with Crippen molar-refractivity contribution in [3.05, 3.63) is 29.0 Å². The average Bonchev–Trinajstić information content (AvgIpc) is 1.97. The van der Waals surface area contributed by atoms with Crippen molar-refractivity contribution in [2.75, 3.05) is 0 Å². The summed E-state index contributed by atoms with van der Waals surface area (Å²) in [6.07, 6.45) is 1.22. The van der Waals surface area contributed by atoms with Crippen LogP contribution in [0.5, 0.6) is 0 Å². The summed E-state index contributed by atoms with van der Waals surface area (Å²) in [5.74, 6) is -0.624. The molecule has 1 aromatic rings. The molecule has 0 aliphatic carbocycles. The number of benzene rings is 1. The van der Waals surface area contributed by atoms with Crippen molar-refractivity contribution < 1.29 is 9.18 Å². The SMILES string of the molecule is O=C=Nc1c(F)cccc1Cl. The van der Waals surface area contributed by atoms with E-state index in [1.54, 1.807) is 0 Å². The van der Waals surface area contributed by atoms with Crippen LogP contribution in [0.25, 0.3) is 0 Å². The van der Waals surface area contributed by atoms with Gasteiger partial charge in [0, 0.05) is 0 Å². The average molecular weight is 172 g/mol. The van der Waals surface area contributed by atoms with Crippen molar-refractivity contribution in [1.29, 1.82) is 0 Å². The molecule has 56 valence electrons. The van der Waals surface area contributed by atoms with E-state index in [2.05, 4.69) is 4.99 Å². The zero-order valence-electron chi connectivity index (χ0n) is 5.34. The zero-order chi connectivity index (χ0) is 8.27. The van der Waals surface area contributed by atoms with Gasteiger partial charge in [0.25, 0.3) is 0 Å². The molecule has 0 saturated carbocycles. The predicted molar refractivity (Wildman–Crippen MR) is 39.2 cm³/mol. The first-order valence-corrected chi connectivity index (χ1v) is 3.15. The minimum atomic E-state index is -0.624. The van der Waals surface area contributed by atoms with Crippen LogP contribution in [0.1, 0.15) is 0 Å². The second-order valence-electron chi connectivity index (χ2n) is 1.77. The van der Waals surface area contributed by atoms with Crippen molar-refractivity contribution in [3.8, 4) is 0 Å². The number of hydrogen-bond donors (Lipinski definition) is 0. The molecular weight excluding hydrogens is 169 g/mol. The van der Waals surface area contributed by atoms with E-state index in [-0.39, 0.29) is 10.7 Å². The van der Waals surface area contributed by atoms with Crippen LogP contribution in [0.2, 0.25) is 5.02 Å². The maximum Gasteiger partial charge on any atom is 0.240 e. The van der Waals surface area contributed by atoms with Crippen LogP contribution in [-0.4, -0.2) is 6.08 Å². The molecule has 4 heteroatoms. The van der Waals surface area contributed by atoms with Gasteiger partial charge < -0.3 is 0 Å². The molecule has 0 saturated heterocycles. The largest absolute Gasteiger partial charge is 0.240 e. The Morgan fingerprint density at radius 3 is 2.82 bits per heavy atom. The van der Waals surface area contributed by atoms with E-state index in [9.17, 15) is 9.18 Å². The van der Waals surface area contributed by atoms with Crippen LogP contribution < -0.4 is 0 Å². The molecule has 0 aliphatic heterocycles. The Morgan fingerprint density at radius 1 is 1.55 bits per heavy atom. The van der Waals surface area contributed by atoms with Gasteiger partial charge in [-0.2, -0.15) is 4.99 Å². The Bertz CT molecular complexity index is 300. The summed E-state index contributed by atoms with van der Waals surface area (Å²) in [6.45, 7) is 0. The molecule has 11 heavy (non-hydrogen) atoms. The van der Waals surface area contributed by atoms with Crippen molar-refractivity contribution in [2.45, 2.75) is 0 Å². The van der Waals surface area contributed by atoms with Gasteiger partial charge in [0.05, 0.1) is 5.02 Å². The highest BCUT2D eigenvalue weighted by Gasteiger charge is 2.03. The first-order valence-electron chi connectivity index (χ1n) is 2.77. The van der Waals surface area contributed by atoms with Crippen molar-refractivity contribution >= 4 is 23.4 Å². The van der Waals surface area contributed by atoms with Crippen LogP contribution >= 0.6 is 11.6 Å². The first kappa shape index (κ1) is 7.92. The van der Waals surface area contributed by atoms with E-state index in [1.165, 1.54) is 24.3 Å². The molecule has 1 rings (SSSR count). The molecule has 0 N–H and O–H groups in total. The van der Waals surface area contributed by atoms with Gasteiger partial charge in [0.1, 0.15) is 5.69 Å². The van der Waals surface area contributed by atoms with E-state index in [0.717, 1.165) is 0 Å². The summed E-state index contributed by atoms with van der Waals surface area (Å²) < 4.78 is 12.7. The molecule has 0 spiro atoms. The lowest BCUT2D eigenvalue weighted by molar-refractivity contribution is 0.564. The fraction of sp³-hybridized carbons (Fsp3) is 0. The Kier molecular flexibility index (Phi) is 2.36. The van der Waals surface area contributed by atoms with Crippen LogP contribution in [0.15, 0.2) is 23.2 Å². The van der Waals surface area contributed by atoms with E-state index in [0.29, 0.717) is 0 Å². The molecule has 0 fully saturated rings. The fourth-order valence-corrected chi connectivity index (χ4v) is 0.847. The van der Waals surface area contributed by atoms with Crippen LogP contribution in [0, 0.1) is 5.82 Å². The monoisotopic (exact) mass is 171 g/mol. The van der Waals surface area contributed by atoms with Gasteiger partial charge in [-0.3, -0.25) is 0 Å². The molecule has 0 bridgehead atoms. The van der Waals surface area contributed by atoms with Gasteiger partial charge in [-0.05, 0) is 12.1 Å². The number of aliphatic imine (C=N–C) groups is 1. The van der Waals surface area contributed by atoms with Gasteiger partial charge in [-0.25, -0.2) is 9.18 Å². The third-order valence-electron chi connectivity index (χ3n) is 1.09. The smallest absolute Gasteiger partial charge is 0.211 e. The lowest BCUT2D eigenvalue weighted by Gasteiger charge is -1.94. The third kappa shape index (κ3) is 1.64.